The van der Waals surface area contributed by atoms with E-state index in [-0.39, 0.29) is 19.0 Å². The number of carbonyl (C=O) groups excluding carboxylic acids is 2. The lowest BCUT2D eigenvalue weighted by Gasteiger charge is -2.12. The molecule has 0 fully saturated rings. The minimum absolute atomic E-state index is 0.00612. The third-order valence-corrected chi connectivity index (χ3v) is 4.51. The summed E-state index contributed by atoms with van der Waals surface area (Å²) in [5.41, 5.74) is 9.42. The maximum atomic E-state index is 12.2. The zero-order valence-corrected chi connectivity index (χ0v) is 15.5. The summed E-state index contributed by atoms with van der Waals surface area (Å²) < 4.78 is 6.66. The fraction of sp³-hybridized carbons (Fsp3) is 0.350. The highest BCUT2D eigenvalue weighted by Crippen LogP contribution is 2.34. The van der Waals surface area contributed by atoms with Crippen LogP contribution in [0.5, 0.6) is 0 Å². The third-order valence-electron chi connectivity index (χ3n) is 4.51. The van der Waals surface area contributed by atoms with Crippen LogP contribution in [0.3, 0.4) is 0 Å². The zero-order chi connectivity index (χ0) is 20.0. The largest absolute Gasteiger partial charge is 0.469 e. The Kier molecular flexibility index (Phi) is 6.74. The number of aliphatic hydroxyl groups excluding tert-OH is 1. The number of carbonyl (C=O) groups is 2. The monoisotopic (exact) mass is 369 g/mol. The molecule has 1 aromatic heterocycles. The van der Waals surface area contributed by atoms with Crippen molar-refractivity contribution in [1.82, 2.24) is 4.57 Å². The van der Waals surface area contributed by atoms with Crippen molar-refractivity contribution in [2.75, 3.05) is 13.7 Å². The van der Waals surface area contributed by atoms with Gasteiger partial charge in [0.05, 0.1) is 30.7 Å². The van der Waals surface area contributed by atoms with Crippen LogP contribution in [0.1, 0.15) is 40.2 Å². The third kappa shape index (κ3) is 4.36. The van der Waals surface area contributed by atoms with Gasteiger partial charge in [-0.05, 0) is 37.5 Å². The van der Waals surface area contributed by atoms with Crippen LogP contribution in [-0.4, -0.2) is 35.3 Å². The molecule has 0 spiro atoms. The van der Waals surface area contributed by atoms with Crippen LogP contribution in [0.15, 0.2) is 24.3 Å². The van der Waals surface area contributed by atoms with E-state index in [4.69, 9.17) is 15.7 Å². The summed E-state index contributed by atoms with van der Waals surface area (Å²) in [6.45, 7) is 2.30. The fourth-order valence-electron chi connectivity index (χ4n) is 3.24. The number of benzene rings is 1. The van der Waals surface area contributed by atoms with Crippen LogP contribution < -0.4 is 5.73 Å². The molecule has 0 atom stereocenters. The summed E-state index contributed by atoms with van der Waals surface area (Å²) in [5.74, 6) is -0.914. The van der Waals surface area contributed by atoms with Crippen molar-refractivity contribution >= 4 is 11.9 Å². The lowest BCUT2D eigenvalue weighted by Crippen LogP contribution is -2.13. The van der Waals surface area contributed by atoms with Crippen LogP contribution >= 0.6 is 0 Å². The predicted octanol–water partition coefficient (Wildman–Crippen LogP) is 1.92. The number of primary amides is 1. The lowest BCUT2D eigenvalue weighted by molar-refractivity contribution is -0.140. The molecular formula is C20H23N3O4. The molecule has 0 aliphatic heterocycles. The number of esters is 1. The normalized spacial score (nSPS) is 10.4. The van der Waals surface area contributed by atoms with Crippen molar-refractivity contribution in [3.05, 3.63) is 46.8 Å². The Hall–Kier alpha value is -3.11. The number of hydrogen-bond acceptors (Lipinski definition) is 5. The first-order chi connectivity index (χ1) is 12.9. The van der Waals surface area contributed by atoms with E-state index in [1.54, 1.807) is 31.2 Å². The molecule has 7 heteroatoms. The van der Waals surface area contributed by atoms with Crippen molar-refractivity contribution in [3.8, 4) is 17.2 Å². The summed E-state index contributed by atoms with van der Waals surface area (Å²) in [5, 5.41) is 18.2. The number of nitrogens with two attached hydrogens (primary N) is 1. The van der Waals surface area contributed by atoms with Crippen LogP contribution in [0, 0.1) is 18.3 Å². The average Bonchev–Trinajstić information content (AvgIpc) is 2.96. The quantitative estimate of drug-likeness (QED) is 0.689. The summed E-state index contributed by atoms with van der Waals surface area (Å²) in [6, 6.07) is 8.93. The Morgan fingerprint density at radius 3 is 2.48 bits per heavy atom. The molecule has 0 radical (unpaired) electrons. The van der Waals surface area contributed by atoms with E-state index in [1.807, 2.05) is 4.57 Å². The maximum Gasteiger partial charge on any atom is 0.305 e. The SMILES string of the molecule is COC(=O)CCc1c(-c2ccc(C#N)cc2)c(C(N)=O)c(C)n1CCCO. The van der Waals surface area contributed by atoms with Gasteiger partial charge in [-0.2, -0.15) is 5.26 Å². The predicted molar refractivity (Wildman–Crippen MR) is 99.9 cm³/mol. The topological polar surface area (TPSA) is 118 Å². The second-order valence-corrected chi connectivity index (χ2v) is 6.14. The van der Waals surface area contributed by atoms with Crippen LogP contribution in [0.25, 0.3) is 11.1 Å². The van der Waals surface area contributed by atoms with E-state index < -0.39 is 5.91 Å². The minimum Gasteiger partial charge on any atom is -0.469 e. The highest BCUT2D eigenvalue weighted by Gasteiger charge is 2.25. The van der Waals surface area contributed by atoms with Gasteiger partial charge in [0.25, 0.3) is 5.91 Å². The molecule has 3 N–H and O–H groups in total. The maximum absolute atomic E-state index is 12.2. The van der Waals surface area contributed by atoms with Gasteiger partial charge in [0, 0.05) is 30.1 Å². The van der Waals surface area contributed by atoms with Gasteiger partial charge in [-0.1, -0.05) is 12.1 Å². The molecule has 0 saturated carbocycles. The van der Waals surface area contributed by atoms with E-state index in [0.29, 0.717) is 41.8 Å². The summed E-state index contributed by atoms with van der Waals surface area (Å²) in [6.07, 6.45) is 1.02. The zero-order valence-electron chi connectivity index (χ0n) is 15.5. The molecule has 0 bridgehead atoms. The van der Waals surface area contributed by atoms with Gasteiger partial charge in [0.2, 0.25) is 0 Å². The van der Waals surface area contributed by atoms with Gasteiger partial charge in [-0.25, -0.2) is 0 Å². The Morgan fingerprint density at radius 2 is 1.96 bits per heavy atom. The van der Waals surface area contributed by atoms with Crippen LogP contribution in [0.2, 0.25) is 0 Å². The van der Waals surface area contributed by atoms with Gasteiger partial charge in [0.1, 0.15) is 0 Å². The van der Waals surface area contributed by atoms with Crippen molar-refractivity contribution < 1.29 is 19.4 Å². The number of methoxy groups -OCH3 is 1. The number of hydrogen-bond donors (Lipinski definition) is 2. The molecule has 1 amide bonds. The smallest absolute Gasteiger partial charge is 0.305 e. The first-order valence-corrected chi connectivity index (χ1v) is 8.64. The molecule has 0 aliphatic rings. The van der Waals surface area contributed by atoms with Crippen molar-refractivity contribution in [2.24, 2.45) is 5.73 Å². The molecule has 142 valence electrons. The Bertz CT molecular complexity index is 876. The van der Waals surface area contributed by atoms with Gasteiger partial charge in [-0.3, -0.25) is 9.59 Å². The van der Waals surface area contributed by atoms with Crippen molar-refractivity contribution in [1.29, 1.82) is 5.26 Å². The van der Waals surface area contributed by atoms with E-state index in [9.17, 15) is 14.7 Å². The Labute approximate surface area is 158 Å². The van der Waals surface area contributed by atoms with E-state index in [0.717, 1.165) is 11.3 Å². The molecule has 2 rings (SSSR count). The van der Waals surface area contributed by atoms with Crippen LogP contribution in [0.4, 0.5) is 0 Å². The molecule has 0 saturated heterocycles. The highest BCUT2D eigenvalue weighted by atomic mass is 16.5. The number of nitrogens with zero attached hydrogens (tertiary/aromatic N) is 2. The van der Waals surface area contributed by atoms with E-state index in [1.165, 1.54) is 7.11 Å². The second kappa shape index (κ2) is 9.01. The molecule has 0 aliphatic carbocycles. The minimum atomic E-state index is -0.561. The molecule has 1 aromatic carbocycles. The first kappa shape index (κ1) is 20.2. The van der Waals surface area contributed by atoms with Gasteiger partial charge in [-0.15, -0.1) is 0 Å². The van der Waals surface area contributed by atoms with E-state index >= 15 is 0 Å². The molecule has 1 heterocycles. The molecule has 7 nitrogen and oxygen atoms in total. The molecule has 27 heavy (non-hydrogen) atoms. The van der Waals surface area contributed by atoms with E-state index in [2.05, 4.69) is 6.07 Å². The fourth-order valence-corrected chi connectivity index (χ4v) is 3.24. The van der Waals surface area contributed by atoms with Gasteiger partial charge < -0.3 is 20.1 Å². The van der Waals surface area contributed by atoms with Gasteiger partial charge in [0.15, 0.2) is 0 Å². The Morgan fingerprint density at radius 1 is 1.30 bits per heavy atom. The summed E-state index contributed by atoms with van der Waals surface area (Å²) in [7, 11) is 1.33. The van der Waals surface area contributed by atoms with Crippen molar-refractivity contribution in [2.45, 2.75) is 32.7 Å². The second-order valence-electron chi connectivity index (χ2n) is 6.14. The standard InChI is InChI=1S/C20H23N3O4/c1-13-18(20(22)26)19(15-6-4-14(12-21)5-7-15)16(8-9-17(25)27-2)23(13)10-3-11-24/h4-7,24H,3,8-11H2,1-2H3,(H2,22,26). The first-order valence-electron chi connectivity index (χ1n) is 8.64. The number of ether oxygens (including phenoxy) is 1. The Balaban J connectivity index is 2.66. The number of aliphatic hydroxyl groups is 1. The summed E-state index contributed by atoms with van der Waals surface area (Å²) in [4.78, 5) is 23.9. The number of amides is 1. The van der Waals surface area contributed by atoms with Crippen LogP contribution in [-0.2, 0) is 22.5 Å². The molecule has 0 unspecified atom stereocenters. The van der Waals surface area contributed by atoms with Gasteiger partial charge >= 0.3 is 5.97 Å². The summed E-state index contributed by atoms with van der Waals surface area (Å²) >= 11 is 0. The average molecular weight is 369 g/mol. The number of rotatable bonds is 8. The number of aromatic nitrogens is 1. The van der Waals surface area contributed by atoms with Crippen molar-refractivity contribution in [3.63, 3.8) is 0 Å². The highest BCUT2D eigenvalue weighted by molar-refractivity contribution is 6.02. The molecular weight excluding hydrogens is 346 g/mol. The number of nitriles is 1. The lowest BCUT2D eigenvalue weighted by atomic mass is 9.97. The molecule has 2 aromatic rings.